The molecule has 0 N–H and O–H groups in total. The third-order valence-corrected chi connectivity index (χ3v) is 5.78. The Kier molecular flexibility index (Phi) is 34.6. The number of rotatable bonds is 23. The number of carbonyl (C=O) groups is 2. The molecular weight excluding hydrogens is 422 g/mol. The molecule has 1 unspecified atom stereocenters. The van der Waals surface area contributed by atoms with E-state index in [1.165, 1.54) is 109 Å². The van der Waals surface area contributed by atoms with Crippen LogP contribution in [0.2, 0.25) is 0 Å². The molecule has 0 saturated heterocycles. The monoisotopic (exact) mass is 468 g/mol. The maximum absolute atomic E-state index is 10.8. The Hall–Kier alpha value is 0.680. The van der Waals surface area contributed by atoms with Crippen LogP contribution in [0, 0.1) is 5.92 Å². The van der Waals surface area contributed by atoms with Gasteiger partial charge in [-0.1, -0.05) is 128 Å². The van der Waals surface area contributed by atoms with Crippen LogP contribution in [0.25, 0.3) is 0 Å². The first-order valence-electron chi connectivity index (χ1n) is 12.6. The predicted octanol–water partition coefficient (Wildman–Crippen LogP) is -0.511. The second-order valence-electron chi connectivity index (χ2n) is 8.73. The Morgan fingerprint density at radius 3 is 1.28 bits per heavy atom. The molecule has 176 valence electrons. The number of hydrogen-bond donors (Lipinski definition) is 0. The molecule has 1 atom stereocenters. The van der Waals surface area contributed by atoms with Gasteiger partial charge in [-0.25, -0.2) is 0 Å². The van der Waals surface area contributed by atoms with Crippen LogP contribution in [-0.2, 0) is 9.59 Å². The number of carboxylic acids is 2. The molecule has 0 radical (unpaired) electrons. The van der Waals surface area contributed by atoms with Gasteiger partial charge in [-0.05, 0) is 19.3 Å². The van der Waals surface area contributed by atoms with E-state index in [-0.39, 0.29) is 59.1 Å². The number of aliphatic carboxylic acids is 2. The number of allylic oxidation sites excluding steroid dienone is 1. The van der Waals surface area contributed by atoms with Crippen molar-refractivity contribution in [2.45, 2.75) is 135 Å². The molecular formula is C26H46Na2O4. The summed E-state index contributed by atoms with van der Waals surface area (Å²) in [5, 5.41) is 21.3. The van der Waals surface area contributed by atoms with Gasteiger partial charge in [0.05, 0.1) is 0 Å². The average Bonchev–Trinajstić information content (AvgIpc) is 2.71. The quantitative estimate of drug-likeness (QED) is 0.115. The minimum absolute atomic E-state index is 0. The van der Waals surface area contributed by atoms with E-state index in [1.807, 2.05) is 0 Å². The third-order valence-electron chi connectivity index (χ3n) is 5.78. The number of unbranched alkanes of at least 4 members (excludes halogenated alkanes) is 18. The van der Waals surface area contributed by atoms with Crippen molar-refractivity contribution in [1.82, 2.24) is 0 Å². The molecule has 0 heterocycles. The molecule has 0 rings (SSSR count). The summed E-state index contributed by atoms with van der Waals surface area (Å²) in [6.07, 6.45) is 27.6. The van der Waals surface area contributed by atoms with Crippen molar-refractivity contribution in [3.63, 3.8) is 0 Å². The smallest absolute Gasteiger partial charge is 0.550 e. The molecule has 0 amide bonds. The molecule has 0 fully saturated rings. The van der Waals surface area contributed by atoms with E-state index in [2.05, 4.69) is 6.92 Å². The molecule has 0 aromatic carbocycles. The Labute approximate surface area is 242 Å². The maximum Gasteiger partial charge on any atom is 1.00 e. The summed E-state index contributed by atoms with van der Waals surface area (Å²) in [7, 11) is 0. The number of carbonyl (C=O) groups excluding carboxylic acids is 2. The van der Waals surface area contributed by atoms with Gasteiger partial charge in [-0.15, -0.1) is 0 Å². The second-order valence-corrected chi connectivity index (χ2v) is 8.73. The van der Waals surface area contributed by atoms with Gasteiger partial charge < -0.3 is 19.8 Å². The van der Waals surface area contributed by atoms with Gasteiger partial charge in [0, 0.05) is 17.9 Å². The first-order valence-corrected chi connectivity index (χ1v) is 12.6. The third kappa shape index (κ3) is 28.7. The van der Waals surface area contributed by atoms with Crippen LogP contribution in [0.4, 0.5) is 0 Å². The fourth-order valence-electron chi connectivity index (χ4n) is 3.83. The summed E-state index contributed by atoms with van der Waals surface area (Å²) >= 11 is 0. The van der Waals surface area contributed by atoms with Gasteiger partial charge >= 0.3 is 59.1 Å². The van der Waals surface area contributed by atoms with Crippen molar-refractivity contribution in [3.8, 4) is 0 Å². The minimum Gasteiger partial charge on any atom is -0.550 e. The largest absolute Gasteiger partial charge is 1.00 e. The van der Waals surface area contributed by atoms with E-state index in [0.717, 1.165) is 19.3 Å². The zero-order valence-electron chi connectivity index (χ0n) is 21.5. The van der Waals surface area contributed by atoms with Gasteiger partial charge in [0.2, 0.25) is 0 Å². The Morgan fingerprint density at radius 2 is 0.969 bits per heavy atom. The molecule has 0 spiro atoms. The minimum atomic E-state index is -1.36. The van der Waals surface area contributed by atoms with Crippen LogP contribution in [0.5, 0.6) is 0 Å². The van der Waals surface area contributed by atoms with Gasteiger partial charge in [-0.3, -0.25) is 0 Å². The predicted molar refractivity (Wildman–Crippen MR) is 121 cm³/mol. The van der Waals surface area contributed by atoms with Crippen LogP contribution in [0.15, 0.2) is 12.2 Å². The van der Waals surface area contributed by atoms with Crippen molar-refractivity contribution in [2.24, 2.45) is 5.92 Å². The summed E-state index contributed by atoms with van der Waals surface area (Å²) in [6, 6.07) is 0. The van der Waals surface area contributed by atoms with Crippen LogP contribution >= 0.6 is 0 Å². The number of carboxylic acid groups (broad SMARTS) is 2. The van der Waals surface area contributed by atoms with Crippen molar-refractivity contribution in [2.75, 3.05) is 0 Å². The summed E-state index contributed by atoms with van der Waals surface area (Å²) < 4.78 is 0. The van der Waals surface area contributed by atoms with E-state index in [9.17, 15) is 19.8 Å². The van der Waals surface area contributed by atoms with Crippen molar-refractivity contribution >= 4 is 11.9 Å². The number of hydrogen-bond acceptors (Lipinski definition) is 4. The molecule has 0 aromatic rings. The van der Waals surface area contributed by atoms with E-state index in [0.29, 0.717) is 0 Å². The molecule has 4 nitrogen and oxygen atoms in total. The molecule has 0 aliphatic rings. The normalized spacial score (nSPS) is 11.7. The molecule has 0 bridgehead atoms. The van der Waals surface area contributed by atoms with Crippen molar-refractivity contribution < 1.29 is 78.9 Å². The summed E-state index contributed by atoms with van der Waals surface area (Å²) in [6.45, 7) is 2.27. The van der Waals surface area contributed by atoms with E-state index in [4.69, 9.17) is 0 Å². The van der Waals surface area contributed by atoms with Crippen LogP contribution < -0.4 is 69.3 Å². The van der Waals surface area contributed by atoms with Crippen molar-refractivity contribution in [3.05, 3.63) is 12.2 Å². The Bertz CT molecular complexity index is 442. The molecule has 0 saturated carbocycles. The Morgan fingerprint density at radius 1 is 0.625 bits per heavy atom. The van der Waals surface area contributed by atoms with E-state index < -0.39 is 24.3 Å². The molecule has 0 aromatic heterocycles. The zero-order chi connectivity index (χ0) is 22.3. The summed E-state index contributed by atoms with van der Waals surface area (Å²) in [5.41, 5.74) is 0. The van der Waals surface area contributed by atoms with Crippen LogP contribution in [0.1, 0.15) is 135 Å². The summed E-state index contributed by atoms with van der Waals surface area (Å²) in [4.78, 5) is 21.3. The standard InChI is InChI=1S/C26H48O4.2Na/c1-2-3-4-5-6-7-8-9-10-11-12-13-14-15-16-17-18-19-20-21-22-24(26(29)30)23-25(27)28;;/h21-22,24H,2-20,23H2,1H3,(H,27,28)(H,29,30);;/q;2*+1/p-2/b22-21+;;. The first-order chi connectivity index (χ1) is 14.6. The SMILES string of the molecule is CCCCCCCCCCCCCCCCCCCC/C=C/C(CC(=O)[O-])C(=O)[O-].[Na+].[Na+]. The molecule has 6 heteroatoms. The summed E-state index contributed by atoms with van der Waals surface area (Å²) in [5.74, 6) is -3.79. The Balaban J connectivity index is -0.00000420. The fraction of sp³-hybridized carbons (Fsp3) is 0.846. The fourth-order valence-corrected chi connectivity index (χ4v) is 3.83. The van der Waals surface area contributed by atoms with Crippen LogP contribution in [0.3, 0.4) is 0 Å². The van der Waals surface area contributed by atoms with Gasteiger partial charge in [0.15, 0.2) is 0 Å². The zero-order valence-corrected chi connectivity index (χ0v) is 25.5. The molecule has 0 aliphatic carbocycles. The van der Waals surface area contributed by atoms with Gasteiger partial charge in [0.25, 0.3) is 0 Å². The van der Waals surface area contributed by atoms with Crippen molar-refractivity contribution in [1.29, 1.82) is 0 Å². The first kappa shape index (κ1) is 37.2. The molecule has 32 heavy (non-hydrogen) atoms. The average molecular weight is 469 g/mol. The van der Waals surface area contributed by atoms with E-state index in [1.54, 1.807) is 6.08 Å². The second kappa shape index (κ2) is 29.7. The topological polar surface area (TPSA) is 80.3 Å². The molecule has 0 aliphatic heterocycles. The van der Waals surface area contributed by atoms with Crippen LogP contribution in [-0.4, -0.2) is 11.9 Å². The van der Waals surface area contributed by atoms with Gasteiger partial charge in [-0.2, -0.15) is 0 Å². The van der Waals surface area contributed by atoms with E-state index >= 15 is 0 Å². The van der Waals surface area contributed by atoms with Gasteiger partial charge in [0.1, 0.15) is 0 Å². The maximum atomic E-state index is 10.8.